The van der Waals surface area contributed by atoms with Crippen molar-refractivity contribution >= 4 is 24.7 Å². The Labute approximate surface area is 94.6 Å². The fourth-order valence-electron chi connectivity index (χ4n) is 1.68. The van der Waals surface area contributed by atoms with Gasteiger partial charge in [-0.1, -0.05) is 0 Å². The Hall–Kier alpha value is -0.750. The van der Waals surface area contributed by atoms with Crippen LogP contribution in [0.4, 0.5) is 0 Å². The van der Waals surface area contributed by atoms with Crippen LogP contribution < -0.4 is 10.6 Å². The van der Waals surface area contributed by atoms with Crippen LogP contribution in [0.25, 0.3) is 0 Å². The molecule has 0 bridgehead atoms. The second kappa shape index (κ2) is 5.97. The van der Waals surface area contributed by atoms with Gasteiger partial charge >= 0.3 is 11.8 Å². The Bertz CT molecular complexity index is 240. The fraction of sp³-hybridized carbons (Fsp3) is 0.778. The lowest BCUT2D eigenvalue weighted by atomic mass is 9.93. The minimum absolute atomic E-state index is 0.0783. The maximum Gasteiger partial charge on any atom is 0.309 e. The third kappa shape index (κ3) is 3.71. The highest BCUT2D eigenvalue weighted by Crippen LogP contribution is 2.21. The van der Waals surface area contributed by atoms with Gasteiger partial charge < -0.3 is 14.8 Å². The number of amides is 2. The second-order valence-electron chi connectivity index (χ2n) is 3.63. The average Bonchev–Trinajstić information content (AvgIpc) is 2.29. The van der Waals surface area contributed by atoms with Crippen LogP contribution in [-0.4, -0.2) is 31.0 Å². The number of likely N-dealkylation sites (N-methyl/N-ethyl adjacent to an activating group) is 1. The summed E-state index contributed by atoms with van der Waals surface area (Å²) in [5.41, 5.74) is 0. The molecule has 5 nitrogen and oxygen atoms in total. The van der Waals surface area contributed by atoms with E-state index in [1.165, 1.54) is 7.05 Å². The lowest BCUT2D eigenvalue weighted by Gasteiger charge is -2.27. The molecule has 1 saturated carbocycles. The molecular formula is C9H16N2O3S. The highest BCUT2D eigenvalue weighted by atomic mass is 32.1. The van der Waals surface area contributed by atoms with Gasteiger partial charge in [0.1, 0.15) is 0 Å². The summed E-state index contributed by atoms with van der Waals surface area (Å²) in [5, 5.41) is 4.97. The Morgan fingerprint density at radius 2 is 1.80 bits per heavy atom. The molecule has 1 rings (SSSR count). The van der Waals surface area contributed by atoms with Crippen LogP contribution in [0.2, 0.25) is 0 Å². The molecule has 1 fully saturated rings. The zero-order valence-corrected chi connectivity index (χ0v) is 9.55. The van der Waals surface area contributed by atoms with Crippen molar-refractivity contribution in [2.75, 3.05) is 7.05 Å². The molecule has 0 heterocycles. The lowest BCUT2D eigenvalue weighted by Crippen LogP contribution is -2.45. The SMILES string of the molecule is CNC(=O)C(=O)NC1CCC(OS)CC1. The van der Waals surface area contributed by atoms with Gasteiger partial charge in [-0.25, -0.2) is 0 Å². The summed E-state index contributed by atoms with van der Waals surface area (Å²) in [7, 11) is 1.44. The Morgan fingerprint density at radius 3 is 2.27 bits per heavy atom. The number of hydrogen-bond donors (Lipinski definition) is 3. The van der Waals surface area contributed by atoms with E-state index >= 15 is 0 Å². The van der Waals surface area contributed by atoms with Crippen molar-refractivity contribution in [3.8, 4) is 0 Å². The number of carbonyl (C=O) groups excluding carboxylic acids is 2. The monoisotopic (exact) mass is 232 g/mol. The van der Waals surface area contributed by atoms with E-state index < -0.39 is 11.8 Å². The number of thiol groups is 1. The molecule has 0 aromatic rings. The third-order valence-corrected chi connectivity index (χ3v) is 2.89. The molecule has 0 unspecified atom stereocenters. The van der Waals surface area contributed by atoms with Crippen LogP contribution >= 0.6 is 12.9 Å². The Kier molecular flexibility index (Phi) is 4.90. The fourth-order valence-corrected chi connectivity index (χ4v) is 1.89. The van der Waals surface area contributed by atoms with Crippen molar-refractivity contribution < 1.29 is 13.8 Å². The average molecular weight is 232 g/mol. The molecule has 6 heteroatoms. The lowest BCUT2D eigenvalue weighted by molar-refractivity contribution is -0.139. The van der Waals surface area contributed by atoms with E-state index in [-0.39, 0.29) is 12.1 Å². The summed E-state index contributed by atoms with van der Waals surface area (Å²) in [6, 6.07) is 0.0783. The predicted molar refractivity (Wildman–Crippen MR) is 58.3 cm³/mol. The quantitative estimate of drug-likeness (QED) is 0.357. The van der Waals surface area contributed by atoms with Crippen molar-refractivity contribution in [1.82, 2.24) is 10.6 Å². The molecule has 0 aliphatic heterocycles. The molecule has 0 aromatic heterocycles. The molecule has 0 saturated heterocycles. The van der Waals surface area contributed by atoms with Gasteiger partial charge in [-0.05, 0) is 38.6 Å². The van der Waals surface area contributed by atoms with E-state index in [0.717, 1.165) is 25.7 Å². The van der Waals surface area contributed by atoms with E-state index in [4.69, 9.17) is 4.18 Å². The van der Waals surface area contributed by atoms with Crippen molar-refractivity contribution in [2.24, 2.45) is 0 Å². The molecule has 0 aromatic carbocycles. The number of hydrogen-bond acceptors (Lipinski definition) is 4. The number of carbonyl (C=O) groups is 2. The summed E-state index contributed by atoms with van der Waals surface area (Å²) in [4.78, 5) is 22.2. The minimum Gasteiger partial charge on any atom is -0.351 e. The van der Waals surface area contributed by atoms with Crippen molar-refractivity contribution in [3.63, 3.8) is 0 Å². The smallest absolute Gasteiger partial charge is 0.309 e. The zero-order valence-electron chi connectivity index (χ0n) is 8.66. The molecule has 15 heavy (non-hydrogen) atoms. The van der Waals surface area contributed by atoms with Crippen LogP contribution in [0.15, 0.2) is 0 Å². The van der Waals surface area contributed by atoms with Crippen LogP contribution in [0.3, 0.4) is 0 Å². The number of nitrogens with one attached hydrogen (secondary N) is 2. The minimum atomic E-state index is -0.595. The summed E-state index contributed by atoms with van der Waals surface area (Å²) in [6.45, 7) is 0. The van der Waals surface area contributed by atoms with Crippen molar-refractivity contribution in [1.29, 1.82) is 0 Å². The second-order valence-corrected chi connectivity index (χ2v) is 3.84. The third-order valence-electron chi connectivity index (χ3n) is 2.59. The molecule has 2 amide bonds. The van der Waals surface area contributed by atoms with Crippen LogP contribution in [0, 0.1) is 0 Å². The summed E-state index contributed by atoms with van der Waals surface area (Å²) < 4.78 is 4.92. The summed E-state index contributed by atoms with van der Waals surface area (Å²) in [6.07, 6.45) is 3.55. The first-order valence-corrected chi connectivity index (χ1v) is 5.36. The Balaban J connectivity index is 2.29. The molecule has 1 aliphatic rings. The van der Waals surface area contributed by atoms with Crippen LogP contribution in [-0.2, 0) is 13.8 Å². The van der Waals surface area contributed by atoms with Gasteiger partial charge in [0, 0.05) is 13.1 Å². The first kappa shape index (κ1) is 12.3. The summed E-state index contributed by atoms with van der Waals surface area (Å²) >= 11 is 3.76. The standard InChI is InChI=1S/C9H16N2O3S/c1-10-8(12)9(13)11-6-2-4-7(14-15)5-3-6/h6-7,15H,2-5H2,1H3,(H,10,12)(H,11,13). The van der Waals surface area contributed by atoms with Gasteiger partial charge in [0.15, 0.2) is 0 Å². The molecule has 2 N–H and O–H groups in total. The highest BCUT2D eigenvalue weighted by Gasteiger charge is 2.24. The number of rotatable bonds is 2. The maximum absolute atomic E-state index is 11.2. The van der Waals surface area contributed by atoms with Gasteiger partial charge in [0.25, 0.3) is 0 Å². The van der Waals surface area contributed by atoms with E-state index in [2.05, 4.69) is 23.5 Å². The maximum atomic E-state index is 11.2. The molecule has 1 aliphatic carbocycles. The Morgan fingerprint density at radius 1 is 1.20 bits per heavy atom. The van der Waals surface area contributed by atoms with Gasteiger partial charge in [-0.2, -0.15) is 0 Å². The molecular weight excluding hydrogens is 216 g/mol. The molecule has 0 radical (unpaired) electrons. The predicted octanol–water partition coefficient (Wildman–Crippen LogP) is 0.0212. The molecule has 0 atom stereocenters. The topological polar surface area (TPSA) is 67.4 Å². The first-order valence-electron chi connectivity index (χ1n) is 5.00. The van der Waals surface area contributed by atoms with Crippen LogP contribution in [0.5, 0.6) is 0 Å². The van der Waals surface area contributed by atoms with Crippen molar-refractivity contribution in [2.45, 2.75) is 37.8 Å². The van der Waals surface area contributed by atoms with E-state index in [1.54, 1.807) is 0 Å². The molecule has 86 valence electrons. The first-order chi connectivity index (χ1) is 7.17. The van der Waals surface area contributed by atoms with E-state index in [0.29, 0.717) is 0 Å². The van der Waals surface area contributed by atoms with Gasteiger partial charge in [0.2, 0.25) is 0 Å². The zero-order chi connectivity index (χ0) is 11.3. The van der Waals surface area contributed by atoms with E-state index in [9.17, 15) is 9.59 Å². The largest absolute Gasteiger partial charge is 0.351 e. The van der Waals surface area contributed by atoms with Crippen molar-refractivity contribution in [3.05, 3.63) is 0 Å². The van der Waals surface area contributed by atoms with E-state index in [1.807, 2.05) is 0 Å². The van der Waals surface area contributed by atoms with Gasteiger partial charge in [-0.3, -0.25) is 9.59 Å². The molecule has 0 spiro atoms. The summed E-state index contributed by atoms with van der Waals surface area (Å²) in [5.74, 6) is -1.16. The normalized spacial score (nSPS) is 25.7. The van der Waals surface area contributed by atoms with Gasteiger partial charge in [0.05, 0.1) is 6.10 Å². The highest BCUT2D eigenvalue weighted by molar-refractivity contribution is 7.75. The van der Waals surface area contributed by atoms with Crippen LogP contribution in [0.1, 0.15) is 25.7 Å². The van der Waals surface area contributed by atoms with Gasteiger partial charge in [-0.15, -0.1) is 0 Å².